The van der Waals surface area contributed by atoms with Crippen molar-refractivity contribution < 1.29 is 9.21 Å². The molecule has 28 heavy (non-hydrogen) atoms. The Morgan fingerprint density at radius 3 is 2.82 bits per heavy atom. The molecule has 0 aliphatic carbocycles. The lowest BCUT2D eigenvalue weighted by molar-refractivity contribution is -0.122. The highest BCUT2D eigenvalue weighted by molar-refractivity contribution is 7.98. The Balaban J connectivity index is 1.49. The van der Waals surface area contributed by atoms with E-state index in [0.717, 1.165) is 10.2 Å². The Bertz CT molecular complexity index is 1140. The van der Waals surface area contributed by atoms with Gasteiger partial charge in [0.05, 0.1) is 12.8 Å². The van der Waals surface area contributed by atoms with Crippen LogP contribution < -0.4 is 11.0 Å². The van der Waals surface area contributed by atoms with Crippen molar-refractivity contribution in [3.8, 4) is 0 Å². The summed E-state index contributed by atoms with van der Waals surface area (Å²) >= 11 is 1.49. The minimum absolute atomic E-state index is 0.177. The molecule has 0 bridgehead atoms. The zero-order valence-corrected chi connectivity index (χ0v) is 15.6. The smallest absolute Gasteiger partial charge is 0.350 e. The molecule has 1 N–H and O–H groups in total. The summed E-state index contributed by atoms with van der Waals surface area (Å²) in [6, 6.07) is 13.5. The van der Waals surface area contributed by atoms with E-state index in [1.807, 2.05) is 30.3 Å². The van der Waals surface area contributed by atoms with E-state index >= 15 is 0 Å². The molecule has 4 rings (SSSR count). The number of hydrogen-bond donors (Lipinski definition) is 1. The number of aromatic nitrogens is 4. The lowest BCUT2D eigenvalue weighted by Gasteiger charge is -2.02. The molecule has 3 heterocycles. The number of rotatable bonds is 7. The van der Waals surface area contributed by atoms with Gasteiger partial charge in [-0.1, -0.05) is 42.1 Å². The predicted molar refractivity (Wildman–Crippen MR) is 104 cm³/mol. The second kappa shape index (κ2) is 8.13. The van der Waals surface area contributed by atoms with Crippen molar-refractivity contribution in [1.82, 2.24) is 24.5 Å². The number of amides is 1. The molecule has 1 amide bonds. The molecule has 0 atom stereocenters. The van der Waals surface area contributed by atoms with Gasteiger partial charge in [0.25, 0.3) is 0 Å². The number of fused-ring (bicyclic) bond motifs is 1. The number of nitrogens with zero attached hydrogens (tertiary/aromatic N) is 4. The summed E-state index contributed by atoms with van der Waals surface area (Å²) in [6.45, 7) is 0.0811. The summed E-state index contributed by atoms with van der Waals surface area (Å²) in [5, 5.41) is 7.65. The molecule has 0 radical (unpaired) electrons. The molecule has 8 nitrogen and oxygen atoms in total. The third kappa shape index (κ3) is 3.99. The van der Waals surface area contributed by atoms with Crippen LogP contribution >= 0.6 is 11.8 Å². The van der Waals surface area contributed by atoms with Crippen molar-refractivity contribution in [1.29, 1.82) is 0 Å². The first-order valence-corrected chi connectivity index (χ1v) is 9.59. The first-order valence-electron chi connectivity index (χ1n) is 8.61. The standard InChI is InChI=1S/C19H17N5O3S/c25-16(21-11-15-7-4-10-27-15)12-24-19(26)23-9-8-20-18(17(23)22-24)28-13-14-5-2-1-3-6-14/h1-10H,11-13H2,(H,21,25). The Morgan fingerprint density at radius 2 is 2.04 bits per heavy atom. The van der Waals surface area contributed by atoms with Crippen molar-refractivity contribution >= 4 is 23.3 Å². The largest absolute Gasteiger partial charge is 0.467 e. The van der Waals surface area contributed by atoms with Crippen LogP contribution in [0.2, 0.25) is 0 Å². The summed E-state index contributed by atoms with van der Waals surface area (Å²) in [4.78, 5) is 29.0. The molecular weight excluding hydrogens is 378 g/mol. The SMILES string of the molecule is O=C(Cn1nc2c(SCc3ccccc3)nccn2c1=O)NCc1ccco1. The zero-order valence-electron chi connectivity index (χ0n) is 14.8. The van der Waals surface area contributed by atoms with Crippen molar-refractivity contribution in [3.63, 3.8) is 0 Å². The maximum Gasteiger partial charge on any atom is 0.350 e. The van der Waals surface area contributed by atoms with Gasteiger partial charge in [-0.05, 0) is 17.7 Å². The minimum atomic E-state index is -0.382. The van der Waals surface area contributed by atoms with Gasteiger partial charge in [-0.3, -0.25) is 4.79 Å². The van der Waals surface area contributed by atoms with E-state index in [-0.39, 0.29) is 24.7 Å². The Labute approximate surface area is 164 Å². The number of nitrogens with one attached hydrogen (secondary N) is 1. The molecule has 0 spiro atoms. The molecule has 4 aromatic rings. The maximum atomic E-state index is 12.6. The lowest BCUT2D eigenvalue weighted by atomic mass is 10.2. The van der Waals surface area contributed by atoms with Crippen LogP contribution in [0.3, 0.4) is 0 Å². The monoisotopic (exact) mass is 395 g/mol. The van der Waals surface area contributed by atoms with E-state index in [1.165, 1.54) is 22.4 Å². The van der Waals surface area contributed by atoms with Crippen LogP contribution in [0.5, 0.6) is 0 Å². The summed E-state index contributed by atoms with van der Waals surface area (Å²) < 4.78 is 7.71. The van der Waals surface area contributed by atoms with Crippen LogP contribution in [0.1, 0.15) is 11.3 Å². The van der Waals surface area contributed by atoms with Crippen LogP contribution in [0, 0.1) is 0 Å². The highest BCUT2D eigenvalue weighted by Crippen LogP contribution is 2.23. The molecular formula is C19H17N5O3S. The fourth-order valence-electron chi connectivity index (χ4n) is 2.65. The Morgan fingerprint density at radius 1 is 1.18 bits per heavy atom. The zero-order chi connectivity index (χ0) is 19.3. The molecule has 142 valence electrons. The van der Waals surface area contributed by atoms with Gasteiger partial charge < -0.3 is 9.73 Å². The summed E-state index contributed by atoms with van der Waals surface area (Å²) in [7, 11) is 0. The van der Waals surface area contributed by atoms with Crippen LogP contribution in [0.25, 0.3) is 5.65 Å². The van der Waals surface area contributed by atoms with E-state index in [0.29, 0.717) is 22.2 Å². The quantitative estimate of drug-likeness (QED) is 0.482. The summed E-state index contributed by atoms with van der Waals surface area (Å²) in [5.41, 5.74) is 1.20. The molecule has 0 aliphatic rings. The topological polar surface area (TPSA) is 94.4 Å². The molecule has 3 aromatic heterocycles. The van der Waals surface area contributed by atoms with E-state index in [9.17, 15) is 9.59 Å². The van der Waals surface area contributed by atoms with Gasteiger partial charge >= 0.3 is 5.69 Å². The fraction of sp³-hybridized carbons (Fsp3) is 0.158. The number of hydrogen-bond acceptors (Lipinski definition) is 6. The summed E-state index contributed by atoms with van der Waals surface area (Å²) in [6.07, 6.45) is 4.65. The van der Waals surface area contributed by atoms with E-state index in [2.05, 4.69) is 15.4 Å². The predicted octanol–water partition coefficient (Wildman–Crippen LogP) is 2.09. The molecule has 0 fully saturated rings. The second-order valence-corrected chi connectivity index (χ2v) is 6.96. The number of furan rings is 1. The average Bonchev–Trinajstić information content (AvgIpc) is 3.35. The van der Waals surface area contributed by atoms with Gasteiger partial charge in [0.15, 0.2) is 5.65 Å². The second-order valence-electron chi connectivity index (χ2n) is 6.00. The van der Waals surface area contributed by atoms with Gasteiger partial charge in [-0.25, -0.2) is 18.9 Å². The Hall–Kier alpha value is -3.33. The maximum absolute atomic E-state index is 12.6. The van der Waals surface area contributed by atoms with Crippen molar-refractivity contribution in [2.24, 2.45) is 0 Å². The number of carbonyl (C=O) groups excluding carboxylic acids is 1. The number of benzene rings is 1. The van der Waals surface area contributed by atoms with E-state index in [1.54, 1.807) is 24.5 Å². The van der Waals surface area contributed by atoms with Gasteiger partial charge in [0.1, 0.15) is 17.3 Å². The van der Waals surface area contributed by atoms with Crippen molar-refractivity contribution in [2.75, 3.05) is 0 Å². The highest BCUT2D eigenvalue weighted by atomic mass is 32.2. The van der Waals surface area contributed by atoms with Crippen molar-refractivity contribution in [2.45, 2.75) is 23.9 Å². The first kappa shape index (κ1) is 18.1. The highest BCUT2D eigenvalue weighted by Gasteiger charge is 2.14. The molecule has 0 saturated carbocycles. The lowest BCUT2D eigenvalue weighted by Crippen LogP contribution is -2.32. The average molecular weight is 395 g/mol. The molecule has 0 unspecified atom stereocenters. The van der Waals surface area contributed by atoms with Crippen LogP contribution in [-0.2, 0) is 23.6 Å². The minimum Gasteiger partial charge on any atom is -0.467 e. The number of carbonyl (C=O) groups is 1. The van der Waals surface area contributed by atoms with Crippen molar-refractivity contribution in [3.05, 3.63) is 82.9 Å². The third-order valence-corrected chi connectivity index (χ3v) is 5.06. The van der Waals surface area contributed by atoms with Crippen LogP contribution in [-0.4, -0.2) is 25.1 Å². The third-order valence-electron chi connectivity index (χ3n) is 4.02. The van der Waals surface area contributed by atoms with Gasteiger partial charge in [-0.15, -0.1) is 5.10 Å². The Kier molecular flexibility index (Phi) is 5.24. The van der Waals surface area contributed by atoms with Crippen LogP contribution in [0.4, 0.5) is 0 Å². The molecule has 0 aliphatic heterocycles. The molecule has 0 saturated heterocycles. The van der Waals surface area contributed by atoms with Crippen LogP contribution in [0.15, 0.2) is 75.4 Å². The van der Waals surface area contributed by atoms with E-state index < -0.39 is 0 Å². The van der Waals surface area contributed by atoms with Gasteiger partial charge in [-0.2, -0.15) is 0 Å². The normalized spacial score (nSPS) is 11.0. The summed E-state index contributed by atoms with van der Waals surface area (Å²) in [5.74, 6) is 1.02. The fourth-order valence-corrected chi connectivity index (χ4v) is 3.55. The number of thioether (sulfide) groups is 1. The van der Waals surface area contributed by atoms with E-state index in [4.69, 9.17) is 4.42 Å². The van der Waals surface area contributed by atoms with Gasteiger partial charge in [0.2, 0.25) is 5.91 Å². The first-order chi connectivity index (χ1) is 13.7. The molecule has 1 aromatic carbocycles. The van der Waals surface area contributed by atoms with Gasteiger partial charge in [0, 0.05) is 18.1 Å². The molecule has 9 heteroatoms.